The normalized spacial score (nSPS) is 10.9. The number of H-pyrrole nitrogens is 1. The standard InChI is InChI=1S/C16H18N6O3S/c1-4-12-20-21-13(25-12)7-22(5-2)16(24)10-6-17-14(19-15(10)23)11-8-26-9(3)18-11/h6,8H,4-5,7H2,1-3H3,(H,17,19,23). The van der Waals surface area contributed by atoms with Crippen LogP contribution in [-0.4, -0.2) is 42.5 Å². The third-order valence-corrected chi connectivity index (χ3v) is 4.47. The van der Waals surface area contributed by atoms with Crippen LogP contribution >= 0.6 is 11.3 Å². The van der Waals surface area contributed by atoms with Gasteiger partial charge < -0.3 is 14.3 Å². The maximum atomic E-state index is 12.7. The Morgan fingerprint density at radius 3 is 2.65 bits per heavy atom. The molecule has 10 heteroatoms. The van der Waals surface area contributed by atoms with Crippen molar-refractivity contribution in [2.45, 2.75) is 33.7 Å². The zero-order valence-corrected chi connectivity index (χ0v) is 15.5. The number of aromatic nitrogens is 5. The van der Waals surface area contributed by atoms with E-state index in [1.807, 2.05) is 20.8 Å². The molecule has 0 saturated carbocycles. The van der Waals surface area contributed by atoms with Crippen molar-refractivity contribution >= 4 is 17.2 Å². The summed E-state index contributed by atoms with van der Waals surface area (Å²) in [6.07, 6.45) is 1.90. The molecule has 136 valence electrons. The minimum absolute atomic E-state index is 0.0437. The molecule has 3 heterocycles. The van der Waals surface area contributed by atoms with Crippen LogP contribution in [0.3, 0.4) is 0 Å². The molecule has 0 aromatic carbocycles. The van der Waals surface area contributed by atoms with Gasteiger partial charge in [-0.05, 0) is 13.8 Å². The van der Waals surface area contributed by atoms with Gasteiger partial charge in [0.1, 0.15) is 11.3 Å². The van der Waals surface area contributed by atoms with Crippen LogP contribution < -0.4 is 5.56 Å². The highest BCUT2D eigenvalue weighted by Gasteiger charge is 2.21. The molecule has 0 atom stereocenters. The van der Waals surface area contributed by atoms with Gasteiger partial charge in [0.05, 0.1) is 11.6 Å². The highest BCUT2D eigenvalue weighted by atomic mass is 32.1. The fraction of sp³-hybridized carbons (Fsp3) is 0.375. The van der Waals surface area contributed by atoms with Gasteiger partial charge in [-0.1, -0.05) is 6.92 Å². The van der Waals surface area contributed by atoms with Gasteiger partial charge in [0.25, 0.3) is 11.5 Å². The molecular weight excluding hydrogens is 356 g/mol. The van der Waals surface area contributed by atoms with E-state index in [-0.39, 0.29) is 12.1 Å². The molecule has 3 aromatic rings. The number of rotatable bonds is 6. The molecular formula is C16H18N6O3S. The molecule has 0 aliphatic rings. The maximum absolute atomic E-state index is 12.7. The molecule has 0 aliphatic carbocycles. The van der Waals surface area contributed by atoms with E-state index in [9.17, 15) is 9.59 Å². The Morgan fingerprint density at radius 1 is 1.31 bits per heavy atom. The van der Waals surface area contributed by atoms with Crippen molar-refractivity contribution in [3.05, 3.63) is 44.3 Å². The van der Waals surface area contributed by atoms with Crippen LogP contribution in [0.5, 0.6) is 0 Å². The lowest BCUT2D eigenvalue weighted by molar-refractivity contribution is 0.0735. The van der Waals surface area contributed by atoms with Crippen LogP contribution in [0.1, 0.15) is 41.0 Å². The van der Waals surface area contributed by atoms with E-state index in [0.29, 0.717) is 36.3 Å². The molecule has 0 aliphatic heterocycles. The Labute approximate surface area is 153 Å². The number of nitrogens with zero attached hydrogens (tertiary/aromatic N) is 5. The summed E-state index contributed by atoms with van der Waals surface area (Å²) in [7, 11) is 0. The number of aromatic amines is 1. The van der Waals surface area contributed by atoms with Gasteiger partial charge in [-0.15, -0.1) is 21.5 Å². The molecule has 9 nitrogen and oxygen atoms in total. The number of amides is 1. The first-order valence-corrected chi connectivity index (χ1v) is 9.02. The van der Waals surface area contributed by atoms with Crippen molar-refractivity contribution in [2.24, 2.45) is 0 Å². The molecule has 0 fully saturated rings. The van der Waals surface area contributed by atoms with E-state index < -0.39 is 11.5 Å². The summed E-state index contributed by atoms with van der Waals surface area (Å²) in [6, 6.07) is 0. The first kappa shape index (κ1) is 17.9. The lowest BCUT2D eigenvalue weighted by Crippen LogP contribution is -2.34. The minimum Gasteiger partial charge on any atom is -0.423 e. The highest BCUT2D eigenvalue weighted by Crippen LogP contribution is 2.16. The van der Waals surface area contributed by atoms with Gasteiger partial charge in [-0.3, -0.25) is 9.59 Å². The zero-order valence-electron chi connectivity index (χ0n) is 14.6. The Balaban J connectivity index is 1.82. The number of carbonyl (C=O) groups is 1. The molecule has 0 unspecified atom stereocenters. The summed E-state index contributed by atoms with van der Waals surface area (Å²) in [5, 5.41) is 10.5. The highest BCUT2D eigenvalue weighted by molar-refractivity contribution is 7.09. The second kappa shape index (κ2) is 7.56. The molecule has 3 rings (SSSR count). The lowest BCUT2D eigenvalue weighted by atomic mass is 10.2. The predicted octanol–water partition coefficient (Wildman–Crippen LogP) is 1.81. The summed E-state index contributed by atoms with van der Waals surface area (Å²) in [4.78, 5) is 37.6. The third-order valence-electron chi connectivity index (χ3n) is 3.70. The number of hydrogen-bond donors (Lipinski definition) is 1. The van der Waals surface area contributed by atoms with Crippen LogP contribution in [0.15, 0.2) is 20.8 Å². The fourth-order valence-electron chi connectivity index (χ4n) is 2.31. The molecule has 0 radical (unpaired) electrons. The van der Waals surface area contributed by atoms with Crippen LogP contribution in [-0.2, 0) is 13.0 Å². The van der Waals surface area contributed by atoms with E-state index in [2.05, 4.69) is 25.1 Å². The summed E-state index contributed by atoms with van der Waals surface area (Å²) < 4.78 is 5.44. The smallest absolute Gasteiger partial charge is 0.264 e. The number of thiazole rings is 1. The van der Waals surface area contributed by atoms with E-state index >= 15 is 0 Å². The van der Waals surface area contributed by atoms with Crippen LogP contribution in [0.25, 0.3) is 11.5 Å². The molecule has 3 aromatic heterocycles. The van der Waals surface area contributed by atoms with Crippen molar-refractivity contribution in [1.29, 1.82) is 0 Å². The topological polar surface area (TPSA) is 118 Å². The maximum Gasteiger partial charge on any atom is 0.264 e. The first-order chi connectivity index (χ1) is 12.5. The average Bonchev–Trinajstić information content (AvgIpc) is 3.27. The van der Waals surface area contributed by atoms with Crippen molar-refractivity contribution in [3.8, 4) is 11.5 Å². The third kappa shape index (κ3) is 3.69. The van der Waals surface area contributed by atoms with Gasteiger partial charge >= 0.3 is 0 Å². The van der Waals surface area contributed by atoms with Gasteiger partial charge in [0.2, 0.25) is 11.8 Å². The van der Waals surface area contributed by atoms with Gasteiger partial charge in [-0.25, -0.2) is 9.97 Å². The van der Waals surface area contributed by atoms with E-state index in [4.69, 9.17) is 4.42 Å². The Morgan fingerprint density at radius 2 is 2.08 bits per heavy atom. The number of aryl methyl sites for hydroxylation is 2. The molecule has 0 spiro atoms. The number of hydrogen-bond acceptors (Lipinski definition) is 8. The fourth-order valence-corrected chi connectivity index (χ4v) is 2.90. The van der Waals surface area contributed by atoms with E-state index in [0.717, 1.165) is 5.01 Å². The molecule has 26 heavy (non-hydrogen) atoms. The van der Waals surface area contributed by atoms with Gasteiger partial charge in [0.15, 0.2) is 5.82 Å². The van der Waals surface area contributed by atoms with Crippen LogP contribution in [0.2, 0.25) is 0 Å². The van der Waals surface area contributed by atoms with Crippen molar-refractivity contribution in [1.82, 2.24) is 30.0 Å². The van der Waals surface area contributed by atoms with Crippen molar-refractivity contribution < 1.29 is 9.21 Å². The molecule has 0 saturated heterocycles. The van der Waals surface area contributed by atoms with Crippen LogP contribution in [0, 0.1) is 6.92 Å². The van der Waals surface area contributed by atoms with Crippen LogP contribution in [0.4, 0.5) is 0 Å². The van der Waals surface area contributed by atoms with Gasteiger partial charge in [-0.2, -0.15) is 0 Å². The lowest BCUT2D eigenvalue weighted by Gasteiger charge is -2.18. The SMILES string of the molecule is CCc1nnc(CN(CC)C(=O)c2cnc(-c3csc(C)n3)[nH]c2=O)o1. The summed E-state index contributed by atoms with van der Waals surface area (Å²) in [5.41, 5.74) is 0.0237. The summed E-state index contributed by atoms with van der Waals surface area (Å²) in [6.45, 7) is 6.09. The average molecular weight is 374 g/mol. The molecule has 1 amide bonds. The number of nitrogens with one attached hydrogen (secondary N) is 1. The Bertz CT molecular complexity index is 976. The van der Waals surface area contributed by atoms with Gasteiger partial charge in [0, 0.05) is 24.5 Å². The first-order valence-electron chi connectivity index (χ1n) is 8.14. The second-order valence-electron chi connectivity index (χ2n) is 5.49. The van der Waals surface area contributed by atoms with E-state index in [1.165, 1.54) is 22.4 Å². The minimum atomic E-state index is -0.510. The zero-order chi connectivity index (χ0) is 18.7. The quantitative estimate of drug-likeness (QED) is 0.699. The number of carbonyl (C=O) groups excluding carboxylic acids is 1. The second-order valence-corrected chi connectivity index (χ2v) is 6.55. The largest absolute Gasteiger partial charge is 0.423 e. The summed E-state index contributed by atoms with van der Waals surface area (Å²) >= 11 is 1.46. The Hall–Kier alpha value is -2.88. The van der Waals surface area contributed by atoms with E-state index in [1.54, 1.807) is 5.38 Å². The molecule has 0 bridgehead atoms. The van der Waals surface area contributed by atoms with Crippen molar-refractivity contribution in [2.75, 3.05) is 6.54 Å². The Kier molecular flexibility index (Phi) is 5.21. The summed E-state index contributed by atoms with van der Waals surface area (Å²) in [5.74, 6) is 0.726. The monoisotopic (exact) mass is 374 g/mol. The predicted molar refractivity (Wildman–Crippen MR) is 94.8 cm³/mol. The molecule has 1 N–H and O–H groups in total. The van der Waals surface area contributed by atoms with Crippen molar-refractivity contribution in [3.63, 3.8) is 0 Å².